The van der Waals surface area contributed by atoms with E-state index >= 15 is 0 Å². The quantitative estimate of drug-likeness (QED) is 0.744. The number of hydrogen-bond acceptors (Lipinski definition) is 3. The fraction of sp³-hybridized carbons (Fsp3) is 0.333. The Balaban J connectivity index is 1.63. The van der Waals surface area contributed by atoms with Crippen LogP contribution >= 0.6 is 23.2 Å². The lowest BCUT2D eigenvalue weighted by Gasteiger charge is -2.24. The highest BCUT2D eigenvalue weighted by atomic mass is 35.5. The molecular weight excluding hydrogens is 399 g/mol. The number of rotatable bonds is 6. The average Bonchev–Trinajstić information content (AvgIpc) is 3.15. The van der Waals surface area contributed by atoms with Crippen LogP contribution in [-0.4, -0.2) is 36.4 Å². The fourth-order valence-corrected chi connectivity index (χ4v) is 4.01. The minimum atomic E-state index is -0.483. The van der Waals surface area contributed by atoms with E-state index in [0.717, 1.165) is 17.7 Å². The lowest BCUT2D eigenvalue weighted by atomic mass is 10.1. The van der Waals surface area contributed by atoms with Gasteiger partial charge in [-0.3, -0.25) is 9.59 Å². The zero-order valence-corrected chi connectivity index (χ0v) is 17.1. The average molecular weight is 421 g/mol. The number of nitrogens with zero attached hydrogens (tertiary/aromatic N) is 1. The number of aryl methyl sites for hydroxylation is 1. The molecule has 1 heterocycles. The van der Waals surface area contributed by atoms with Gasteiger partial charge in [0.15, 0.2) is 0 Å². The van der Waals surface area contributed by atoms with Crippen LogP contribution in [0.25, 0.3) is 0 Å². The summed E-state index contributed by atoms with van der Waals surface area (Å²) in [7, 11) is 1.61. The van der Waals surface area contributed by atoms with E-state index in [1.807, 2.05) is 24.3 Å². The van der Waals surface area contributed by atoms with Gasteiger partial charge in [-0.1, -0.05) is 41.4 Å². The number of hydrogen-bond donors (Lipinski definition) is 1. The summed E-state index contributed by atoms with van der Waals surface area (Å²) in [5, 5.41) is 3.71. The molecule has 148 valence electrons. The number of ether oxygens (including phenoxy) is 1. The van der Waals surface area contributed by atoms with E-state index in [4.69, 9.17) is 27.9 Å². The Labute approximate surface area is 174 Å². The molecule has 7 heteroatoms. The molecule has 1 N–H and O–H groups in total. The molecule has 1 saturated heterocycles. The molecule has 3 rings (SSSR count). The molecule has 1 aliphatic heterocycles. The number of anilines is 1. The van der Waals surface area contributed by atoms with Crippen LogP contribution < -0.4 is 10.1 Å². The van der Waals surface area contributed by atoms with E-state index in [9.17, 15) is 9.59 Å². The van der Waals surface area contributed by atoms with Gasteiger partial charge >= 0.3 is 0 Å². The molecule has 1 fully saturated rings. The van der Waals surface area contributed by atoms with E-state index in [1.54, 1.807) is 30.2 Å². The molecule has 1 atom stereocenters. The van der Waals surface area contributed by atoms with Gasteiger partial charge in [-0.15, -0.1) is 0 Å². The molecule has 2 amide bonds. The van der Waals surface area contributed by atoms with Gasteiger partial charge in [0, 0.05) is 28.7 Å². The van der Waals surface area contributed by atoms with Crippen LogP contribution in [0.4, 0.5) is 5.69 Å². The van der Waals surface area contributed by atoms with Gasteiger partial charge in [0.25, 0.3) is 0 Å². The Bertz CT molecular complexity index is 852. The van der Waals surface area contributed by atoms with Crippen molar-refractivity contribution in [1.82, 2.24) is 4.90 Å². The van der Waals surface area contributed by atoms with E-state index in [2.05, 4.69) is 5.32 Å². The maximum atomic E-state index is 12.8. The first kappa shape index (κ1) is 20.5. The highest BCUT2D eigenvalue weighted by molar-refractivity contribution is 6.35. The van der Waals surface area contributed by atoms with Crippen molar-refractivity contribution < 1.29 is 14.3 Å². The van der Waals surface area contributed by atoms with Crippen LogP contribution in [0.2, 0.25) is 10.0 Å². The first-order chi connectivity index (χ1) is 13.5. The van der Waals surface area contributed by atoms with Crippen LogP contribution in [0.5, 0.6) is 5.75 Å². The summed E-state index contributed by atoms with van der Waals surface area (Å²) in [5.41, 5.74) is 1.50. The number of para-hydroxylation sites is 1. The highest BCUT2D eigenvalue weighted by Gasteiger charge is 2.33. The van der Waals surface area contributed by atoms with E-state index in [-0.39, 0.29) is 11.8 Å². The van der Waals surface area contributed by atoms with Crippen molar-refractivity contribution in [1.29, 1.82) is 0 Å². The van der Waals surface area contributed by atoms with Crippen LogP contribution in [0.15, 0.2) is 42.5 Å². The predicted molar refractivity (Wildman–Crippen MR) is 111 cm³/mol. The van der Waals surface area contributed by atoms with Gasteiger partial charge < -0.3 is 15.0 Å². The number of methoxy groups -OCH3 is 1. The molecule has 0 bridgehead atoms. The van der Waals surface area contributed by atoms with Crippen LogP contribution in [0, 0.1) is 0 Å². The van der Waals surface area contributed by atoms with E-state index in [0.29, 0.717) is 41.5 Å². The van der Waals surface area contributed by atoms with Crippen molar-refractivity contribution in [2.75, 3.05) is 19.0 Å². The van der Waals surface area contributed by atoms with Crippen LogP contribution in [0.3, 0.4) is 0 Å². The third-order valence-corrected chi connectivity index (χ3v) is 5.24. The Kier molecular flexibility index (Phi) is 6.81. The smallest absolute Gasteiger partial charge is 0.247 e. The van der Waals surface area contributed by atoms with E-state index < -0.39 is 6.04 Å². The molecule has 2 aromatic carbocycles. The van der Waals surface area contributed by atoms with Crippen LogP contribution in [-0.2, 0) is 16.0 Å². The maximum absolute atomic E-state index is 12.8. The van der Waals surface area contributed by atoms with Gasteiger partial charge in [0.2, 0.25) is 11.8 Å². The second-order valence-corrected chi connectivity index (χ2v) is 7.58. The van der Waals surface area contributed by atoms with Crippen molar-refractivity contribution in [2.45, 2.75) is 31.7 Å². The minimum Gasteiger partial charge on any atom is -0.496 e. The number of nitrogens with one attached hydrogen (secondary N) is 1. The lowest BCUT2D eigenvalue weighted by Crippen LogP contribution is -2.43. The molecule has 2 aromatic rings. The monoisotopic (exact) mass is 420 g/mol. The van der Waals surface area contributed by atoms with Gasteiger partial charge in [0.05, 0.1) is 7.11 Å². The normalized spacial score (nSPS) is 16.1. The molecule has 5 nitrogen and oxygen atoms in total. The van der Waals surface area contributed by atoms with Gasteiger partial charge in [-0.2, -0.15) is 0 Å². The van der Waals surface area contributed by atoms with Crippen molar-refractivity contribution >= 4 is 40.7 Å². The Hall–Kier alpha value is -2.24. The molecule has 0 radical (unpaired) electrons. The molecule has 0 aliphatic carbocycles. The SMILES string of the molecule is COc1ccccc1CCC(=O)N1CCCC1C(=O)Nc1cc(Cl)cc(Cl)c1. The third kappa shape index (κ3) is 4.97. The zero-order chi connectivity index (χ0) is 20.1. The molecule has 1 unspecified atom stereocenters. The number of likely N-dealkylation sites (tertiary alicyclic amines) is 1. The van der Waals surface area contributed by atoms with Gasteiger partial charge in [-0.05, 0) is 49.1 Å². The number of benzene rings is 2. The van der Waals surface area contributed by atoms with E-state index in [1.165, 1.54) is 0 Å². The topological polar surface area (TPSA) is 58.6 Å². The summed E-state index contributed by atoms with van der Waals surface area (Å²) in [6.07, 6.45) is 2.33. The molecule has 0 aromatic heterocycles. The molecule has 0 saturated carbocycles. The predicted octanol–water partition coefficient (Wildman–Crippen LogP) is 4.56. The second kappa shape index (κ2) is 9.30. The lowest BCUT2D eigenvalue weighted by molar-refractivity contribution is -0.136. The molecule has 28 heavy (non-hydrogen) atoms. The van der Waals surface area contributed by atoms with Crippen LogP contribution in [0.1, 0.15) is 24.8 Å². The standard InChI is InChI=1S/C21H22Cl2N2O3/c1-28-19-7-3-2-5-14(19)8-9-20(26)25-10-4-6-18(25)21(27)24-17-12-15(22)11-16(23)13-17/h2-3,5,7,11-13,18H,4,6,8-10H2,1H3,(H,24,27). The summed E-state index contributed by atoms with van der Waals surface area (Å²) in [6.45, 7) is 0.582. The maximum Gasteiger partial charge on any atom is 0.247 e. The first-order valence-corrected chi connectivity index (χ1v) is 9.92. The summed E-state index contributed by atoms with van der Waals surface area (Å²) in [5.74, 6) is 0.512. The molecule has 0 spiro atoms. The summed E-state index contributed by atoms with van der Waals surface area (Å²) in [4.78, 5) is 27.1. The Morgan fingerprint density at radius 3 is 2.61 bits per heavy atom. The third-order valence-electron chi connectivity index (χ3n) is 4.81. The Morgan fingerprint density at radius 2 is 1.89 bits per heavy atom. The largest absolute Gasteiger partial charge is 0.496 e. The minimum absolute atomic E-state index is 0.0346. The van der Waals surface area contributed by atoms with Gasteiger partial charge in [-0.25, -0.2) is 0 Å². The first-order valence-electron chi connectivity index (χ1n) is 9.16. The van der Waals surface area contributed by atoms with Crippen molar-refractivity contribution in [3.05, 3.63) is 58.1 Å². The van der Waals surface area contributed by atoms with Crippen molar-refractivity contribution in [2.24, 2.45) is 0 Å². The Morgan fingerprint density at radius 1 is 1.18 bits per heavy atom. The summed E-state index contributed by atoms with van der Waals surface area (Å²) in [6, 6.07) is 12.0. The number of carbonyl (C=O) groups is 2. The van der Waals surface area contributed by atoms with Gasteiger partial charge in [0.1, 0.15) is 11.8 Å². The highest BCUT2D eigenvalue weighted by Crippen LogP contribution is 2.25. The second-order valence-electron chi connectivity index (χ2n) is 6.70. The number of carbonyl (C=O) groups excluding carboxylic acids is 2. The summed E-state index contributed by atoms with van der Waals surface area (Å²) >= 11 is 12.0. The zero-order valence-electron chi connectivity index (χ0n) is 15.6. The molecular formula is C21H22Cl2N2O3. The summed E-state index contributed by atoms with van der Waals surface area (Å²) < 4.78 is 5.34. The molecule has 1 aliphatic rings. The fourth-order valence-electron chi connectivity index (χ4n) is 3.48. The van der Waals surface area contributed by atoms with Crippen molar-refractivity contribution in [3.8, 4) is 5.75 Å². The number of amides is 2. The van der Waals surface area contributed by atoms with Crippen molar-refractivity contribution in [3.63, 3.8) is 0 Å². The number of halogens is 2.